The van der Waals surface area contributed by atoms with Gasteiger partial charge in [0.2, 0.25) is 0 Å². The molecule has 2 aromatic heterocycles. The minimum atomic E-state index is -0.0365. The summed E-state index contributed by atoms with van der Waals surface area (Å²) in [5.74, 6) is 2.05. The standard InChI is InChI=1S/C54H38N5OS2.Pt/c1-54(2,3)37-24-25-55-52(29-37)58-44-23-20-36(35-12-5-4-6-13-35)28-43(44)42-22-21-41(33-47(42)58)60-40-15-11-14-38(30-40)56-26-27-57(34-56)39-31-50-53-51(32-39)62-49-19-10-8-17-46(49)59(53)45-16-7-9-18-48(45)61-50;/h4-29,31-32,34H,1-3H3;/q-3;. The Morgan fingerprint density at radius 3 is 2.05 bits per heavy atom. The fourth-order valence-corrected chi connectivity index (χ4v) is 10.9. The zero-order valence-electron chi connectivity index (χ0n) is 34.5. The molecular formula is C54H38N5OPtS2-3. The zero-order valence-corrected chi connectivity index (χ0v) is 38.4. The average molecular weight is 1030 g/mol. The van der Waals surface area contributed by atoms with E-state index in [9.17, 15) is 0 Å². The molecular weight excluding hydrogens is 994 g/mol. The van der Waals surface area contributed by atoms with Crippen LogP contribution in [0.5, 0.6) is 11.5 Å². The number of hydrogen-bond acceptors (Lipinski definition) is 7. The van der Waals surface area contributed by atoms with Gasteiger partial charge < -0.3 is 24.0 Å². The third kappa shape index (κ3) is 6.92. The molecule has 0 atom stereocenters. The molecule has 0 fully saturated rings. The van der Waals surface area contributed by atoms with Crippen LogP contribution in [0.3, 0.4) is 0 Å². The van der Waals surface area contributed by atoms with Crippen molar-refractivity contribution in [2.75, 3.05) is 14.7 Å². The predicted molar refractivity (Wildman–Crippen MR) is 255 cm³/mol. The van der Waals surface area contributed by atoms with Crippen LogP contribution < -0.4 is 19.4 Å². The summed E-state index contributed by atoms with van der Waals surface area (Å²) in [6, 6.07) is 60.8. The second-order valence-electron chi connectivity index (χ2n) is 16.7. The molecule has 5 heterocycles. The molecule has 0 unspecified atom stereocenters. The maximum atomic E-state index is 6.59. The third-order valence-corrected chi connectivity index (χ3v) is 13.9. The minimum absolute atomic E-state index is 0. The van der Waals surface area contributed by atoms with Crippen LogP contribution in [-0.4, -0.2) is 9.55 Å². The second-order valence-corrected chi connectivity index (χ2v) is 18.8. The van der Waals surface area contributed by atoms with E-state index >= 15 is 0 Å². The van der Waals surface area contributed by atoms with Crippen molar-refractivity contribution < 1.29 is 25.8 Å². The number of ether oxygens (including phenoxy) is 1. The molecule has 9 heteroatoms. The van der Waals surface area contributed by atoms with Crippen molar-refractivity contribution in [2.45, 2.75) is 45.8 Å². The number of aromatic nitrogens is 2. The van der Waals surface area contributed by atoms with Crippen LogP contribution in [0.15, 0.2) is 190 Å². The normalized spacial score (nSPS) is 13.8. The first-order chi connectivity index (χ1) is 30.3. The SMILES string of the molecule is CC(C)(C)c1ccnc(-n2c3[c-]c(Oc4[c-]c(N5C=CN(c6cc7c8c(c6)Sc6ccccc6N8c6ccccc6S7)[CH-]5)ccc4)ccc3c3cc(-c4ccccc4)ccc32)c1.[Pt]. The first kappa shape index (κ1) is 39.7. The number of hydrogen-bond donors (Lipinski definition) is 0. The van der Waals surface area contributed by atoms with E-state index in [1.54, 1.807) is 0 Å². The van der Waals surface area contributed by atoms with E-state index in [4.69, 9.17) is 9.72 Å². The van der Waals surface area contributed by atoms with Crippen LogP contribution in [0.25, 0.3) is 38.8 Å². The summed E-state index contributed by atoms with van der Waals surface area (Å²) in [5, 5.41) is 2.21. The Labute approximate surface area is 390 Å². The molecule has 9 aromatic rings. The van der Waals surface area contributed by atoms with Crippen LogP contribution in [0.4, 0.5) is 28.4 Å². The van der Waals surface area contributed by atoms with E-state index in [-0.39, 0.29) is 26.5 Å². The number of pyridine rings is 1. The summed E-state index contributed by atoms with van der Waals surface area (Å²) in [7, 11) is 0. The van der Waals surface area contributed by atoms with Gasteiger partial charge in [0, 0.05) is 69.5 Å². The number of benzene rings is 7. The van der Waals surface area contributed by atoms with E-state index in [1.807, 2.05) is 54.0 Å². The summed E-state index contributed by atoms with van der Waals surface area (Å²) >= 11 is 3.67. The molecule has 0 spiro atoms. The molecule has 12 rings (SSSR count). The Morgan fingerprint density at radius 2 is 1.30 bits per heavy atom. The molecule has 3 aliphatic heterocycles. The monoisotopic (exact) mass is 1030 g/mol. The molecule has 7 aromatic carbocycles. The molecule has 0 saturated heterocycles. The van der Waals surface area contributed by atoms with Crippen molar-refractivity contribution in [2.24, 2.45) is 0 Å². The van der Waals surface area contributed by atoms with Gasteiger partial charge >= 0.3 is 0 Å². The van der Waals surface area contributed by atoms with Gasteiger partial charge in [-0.1, -0.05) is 117 Å². The van der Waals surface area contributed by atoms with Crippen molar-refractivity contribution in [3.8, 4) is 28.4 Å². The van der Waals surface area contributed by atoms with E-state index in [0.29, 0.717) is 11.5 Å². The number of rotatable bonds is 6. The van der Waals surface area contributed by atoms with Gasteiger partial charge in [-0.25, -0.2) is 4.98 Å². The van der Waals surface area contributed by atoms with Gasteiger partial charge in [0.15, 0.2) is 0 Å². The Balaban J connectivity index is 0.00000444. The van der Waals surface area contributed by atoms with Crippen LogP contribution >= 0.6 is 23.5 Å². The molecule has 0 amide bonds. The summed E-state index contributed by atoms with van der Waals surface area (Å²) in [6.45, 7) is 8.79. The smallest absolute Gasteiger partial charge is 0.135 e. The van der Waals surface area contributed by atoms with Crippen LogP contribution in [0, 0.1) is 18.8 Å². The maximum absolute atomic E-state index is 6.59. The van der Waals surface area contributed by atoms with Gasteiger partial charge in [-0.2, -0.15) is 12.1 Å². The maximum Gasteiger partial charge on any atom is 0.135 e. The van der Waals surface area contributed by atoms with Crippen molar-refractivity contribution >= 4 is 73.8 Å². The van der Waals surface area contributed by atoms with E-state index < -0.39 is 0 Å². The van der Waals surface area contributed by atoms with Gasteiger partial charge in [-0.15, -0.1) is 48.1 Å². The van der Waals surface area contributed by atoms with Gasteiger partial charge in [0.25, 0.3) is 0 Å². The van der Waals surface area contributed by atoms with Gasteiger partial charge in [0.05, 0.1) is 17.1 Å². The summed E-state index contributed by atoms with van der Waals surface area (Å²) in [6.07, 6.45) is 6.07. The van der Waals surface area contributed by atoms with Gasteiger partial charge in [-0.3, -0.25) is 0 Å². The van der Waals surface area contributed by atoms with Crippen LogP contribution in [0.1, 0.15) is 26.3 Å². The number of para-hydroxylation sites is 2. The van der Waals surface area contributed by atoms with Gasteiger partial charge in [-0.05, 0) is 94.5 Å². The predicted octanol–water partition coefficient (Wildman–Crippen LogP) is 14.8. The van der Waals surface area contributed by atoms with E-state index in [0.717, 1.165) is 44.6 Å². The van der Waals surface area contributed by atoms with Crippen molar-refractivity contribution in [1.82, 2.24) is 9.55 Å². The molecule has 63 heavy (non-hydrogen) atoms. The molecule has 310 valence electrons. The van der Waals surface area contributed by atoms with Crippen LogP contribution in [0.2, 0.25) is 0 Å². The molecule has 0 bridgehead atoms. The van der Waals surface area contributed by atoms with Crippen molar-refractivity contribution in [3.05, 3.63) is 195 Å². The Morgan fingerprint density at radius 1 is 0.603 bits per heavy atom. The summed E-state index contributed by atoms with van der Waals surface area (Å²) in [5.41, 5.74) is 11.1. The fourth-order valence-electron chi connectivity index (χ4n) is 8.61. The Kier molecular flexibility index (Phi) is 9.79. The molecule has 0 N–H and O–H groups in total. The molecule has 3 aliphatic rings. The largest absolute Gasteiger partial charge is 0.509 e. The fraction of sp³-hybridized carbons (Fsp3) is 0.0741. The van der Waals surface area contributed by atoms with E-state index in [2.05, 4.69) is 199 Å². The molecule has 6 nitrogen and oxygen atoms in total. The average Bonchev–Trinajstić information content (AvgIpc) is 3.92. The number of fused-ring (bicyclic) bond motifs is 7. The summed E-state index contributed by atoms with van der Waals surface area (Å²) in [4.78, 5) is 16.6. The zero-order chi connectivity index (χ0) is 41.5. The number of anilines is 5. The Bertz CT molecular complexity index is 3210. The Hall–Kier alpha value is -6.18. The van der Waals surface area contributed by atoms with E-state index in [1.165, 1.54) is 47.8 Å². The van der Waals surface area contributed by atoms with Crippen molar-refractivity contribution in [3.63, 3.8) is 0 Å². The second kappa shape index (κ2) is 15.6. The minimum Gasteiger partial charge on any atom is -0.509 e. The molecule has 0 aliphatic carbocycles. The topological polar surface area (TPSA) is 36.8 Å². The summed E-state index contributed by atoms with van der Waals surface area (Å²) < 4.78 is 8.80. The van der Waals surface area contributed by atoms with Crippen molar-refractivity contribution in [1.29, 1.82) is 0 Å². The van der Waals surface area contributed by atoms with Crippen LogP contribution in [-0.2, 0) is 26.5 Å². The molecule has 0 radical (unpaired) electrons. The molecule has 0 saturated carbocycles. The quantitative estimate of drug-likeness (QED) is 0.154. The third-order valence-electron chi connectivity index (χ3n) is 11.7. The number of nitrogens with zero attached hydrogens (tertiary/aromatic N) is 5. The van der Waals surface area contributed by atoms with Gasteiger partial charge in [0.1, 0.15) is 5.82 Å². The first-order valence-electron chi connectivity index (χ1n) is 20.7. The first-order valence-corrected chi connectivity index (χ1v) is 22.3.